The van der Waals surface area contributed by atoms with Gasteiger partial charge in [0.15, 0.2) is 0 Å². The van der Waals surface area contributed by atoms with Gasteiger partial charge in [0.2, 0.25) is 0 Å². The average Bonchev–Trinajstić information content (AvgIpc) is 3.26. The second-order valence-electron chi connectivity index (χ2n) is 8.42. The molecule has 0 spiro atoms. The standard InChI is InChI=1S/C22H24N6OSe/c23-19-18(22(29)26-16-5-10-30-20(16)19)21-24-15-4-3-14(11-17(15)25-21)28-8-6-27(7-9-28)12-13-1-2-13/h3-5,10-11,13H,1-2,6-9,12H2,(H,24,25)(H3,23,26,29). The molecular weight excluding hydrogens is 443 g/mol. The monoisotopic (exact) mass is 468 g/mol. The van der Waals surface area contributed by atoms with Crippen LogP contribution in [-0.4, -0.2) is 67.1 Å². The molecule has 1 saturated heterocycles. The number of hydrogen-bond acceptors (Lipinski definition) is 5. The van der Waals surface area contributed by atoms with Gasteiger partial charge < -0.3 is 0 Å². The topological polar surface area (TPSA) is 94.0 Å². The zero-order valence-corrected chi connectivity index (χ0v) is 18.4. The minimum atomic E-state index is -0.195. The molecule has 4 heterocycles. The summed E-state index contributed by atoms with van der Waals surface area (Å²) in [5.74, 6) is 1.49. The number of nitrogen functional groups attached to an aromatic ring is 1. The van der Waals surface area contributed by atoms with E-state index in [4.69, 9.17) is 5.73 Å². The van der Waals surface area contributed by atoms with Crippen molar-refractivity contribution in [1.82, 2.24) is 19.9 Å². The molecule has 4 N–H and O–H groups in total. The van der Waals surface area contributed by atoms with Gasteiger partial charge in [0.25, 0.3) is 0 Å². The Kier molecular flexibility index (Phi) is 4.26. The number of H-pyrrole nitrogens is 2. The van der Waals surface area contributed by atoms with Gasteiger partial charge in [0.05, 0.1) is 0 Å². The van der Waals surface area contributed by atoms with Crippen LogP contribution < -0.4 is 16.2 Å². The normalized spacial score (nSPS) is 17.9. The van der Waals surface area contributed by atoms with Gasteiger partial charge in [0.1, 0.15) is 0 Å². The van der Waals surface area contributed by atoms with Crippen molar-refractivity contribution in [2.45, 2.75) is 12.8 Å². The van der Waals surface area contributed by atoms with Crippen molar-refractivity contribution >= 4 is 46.7 Å². The molecule has 1 aliphatic carbocycles. The zero-order valence-electron chi connectivity index (χ0n) is 16.6. The summed E-state index contributed by atoms with van der Waals surface area (Å²) in [7, 11) is 0. The number of benzene rings is 1. The van der Waals surface area contributed by atoms with Crippen molar-refractivity contribution in [3.8, 4) is 11.4 Å². The summed E-state index contributed by atoms with van der Waals surface area (Å²) in [4.78, 5) is 30.7. The molecule has 2 aliphatic rings. The number of hydrogen-bond donors (Lipinski definition) is 3. The Morgan fingerprint density at radius 3 is 2.73 bits per heavy atom. The van der Waals surface area contributed by atoms with E-state index in [1.54, 1.807) is 0 Å². The van der Waals surface area contributed by atoms with Gasteiger partial charge in [-0.05, 0) is 18.8 Å². The Hall–Kier alpha value is -2.54. The number of nitrogens with one attached hydrogen (secondary N) is 2. The molecule has 2 fully saturated rings. The third kappa shape index (κ3) is 3.16. The summed E-state index contributed by atoms with van der Waals surface area (Å²) in [6.45, 7) is 5.61. The van der Waals surface area contributed by atoms with Crippen LogP contribution in [0.25, 0.3) is 32.2 Å². The second-order valence-corrected chi connectivity index (χ2v) is 10.3. The van der Waals surface area contributed by atoms with Crippen molar-refractivity contribution in [3.05, 3.63) is 39.6 Å². The summed E-state index contributed by atoms with van der Waals surface area (Å²) in [6, 6.07) is 8.25. The molecule has 8 heteroatoms. The molecule has 0 bridgehead atoms. The van der Waals surface area contributed by atoms with Crippen LogP contribution in [0.15, 0.2) is 34.0 Å². The maximum absolute atomic E-state index is 12.7. The number of aromatic nitrogens is 3. The first-order valence-electron chi connectivity index (χ1n) is 10.5. The molecule has 0 atom stereocenters. The van der Waals surface area contributed by atoms with E-state index in [0.29, 0.717) is 17.1 Å². The molecule has 1 saturated carbocycles. The van der Waals surface area contributed by atoms with Crippen LogP contribution >= 0.6 is 0 Å². The number of nitrogens with zero attached hydrogens (tertiary/aromatic N) is 3. The first-order valence-corrected chi connectivity index (χ1v) is 12.4. The molecule has 0 amide bonds. The van der Waals surface area contributed by atoms with Crippen LogP contribution in [0, 0.1) is 5.92 Å². The first kappa shape index (κ1) is 18.2. The SMILES string of the molecule is Nc1c(-c2nc3ccc(N4CCN(CC5CC5)CC4)cc3[nH]2)c(=O)[nH]c2cc[se]c12. The number of rotatable bonds is 4. The predicted molar refractivity (Wildman–Crippen MR) is 122 cm³/mol. The molecule has 30 heavy (non-hydrogen) atoms. The molecule has 6 rings (SSSR count). The van der Waals surface area contributed by atoms with Crippen molar-refractivity contribution < 1.29 is 0 Å². The number of piperazine rings is 1. The van der Waals surface area contributed by atoms with Gasteiger partial charge in [-0.1, -0.05) is 0 Å². The Morgan fingerprint density at radius 1 is 1.10 bits per heavy atom. The van der Waals surface area contributed by atoms with Crippen LogP contribution in [0.3, 0.4) is 0 Å². The van der Waals surface area contributed by atoms with Crippen molar-refractivity contribution in [3.63, 3.8) is 0 Å². The van der Waals surface area contributed by atoms with E-state index in [0.717, 1.165) is 52.9 Å². The molecular formula is C22H24N6OSe. The summed E-state index contributed by atoms with van der Waals surface area (Å²) in [6.07, 6.45) is 2.82. The van der Waals surface area contributed by atoms with Gasteiger partial charge in [-0.2, -0.15) is 0 Å². The Bertz CT molecular complexity index is 1290. The third-order valence-electron chi connectivity index (χ3n) is 6.31. The Balaban J connectivity index is 1.30. The molecule has 0 radical (unpaired) electrons. The fourth-order valence-corrected chi connectivity index (χ4v) is 6.15. The molecule has 1 aliphatic heterocycles. The quantitative estimate of drug-likeness (QED) is 0.401. The average molecular weight is 467 g/mol. The second kappa shape index (κ2) is 7.01. The molecule has 7 nitrogen and oxygen atoms in total. The van der Waals surface area contributed by atoms with E-state index in [2.05, 4.69) is 41.8 Å². The molecule has 1 aromatic carbocycles. The minimum absolute atomic E-state index is 0.152. The summed E-state index contributed by atoms with van der Waals surface area (Å²) < 4.78 is 1.03. The molecule has 4 aromatic rings. The van der Waals surface area contributed by atoms with Crippen molar-refractivity contribution in [2.24, 2.45) is 5.92 Å². The maximum atomic E-state index is 12.7. The number of anilines is 2. The molecule has 0 unspecified atom stereocenters. The summed E-state index contributed by atoms with van der Waals surface area (Å²) in [5.41, 5.74) is 11.0. The van der Waals surface area contributed by atoms with E-state index in [9.17, 15) is 4.79 Å². The Morgan fingerprint density at radius 2 is 1.93 bits per heavy atom. The van der Waals surface area contributed by atoms with Gasteiger partial charge in [-0.25, -0.2) is 0 Å². The van der Waals surface area contributed by atoms with E-state index in [-0.39, 0.29) is 20.1 Å². The van der Waals surface area contributed by atoms with Crippen LogP contribution in [-0.2, 0) is 0 Å². The van der Waals surface area contributed by atoms with E-state index < -0.39 is 0 Å². The number of imidazole rings is 1. The van der Waals surface area contributed by atoms with Crippen LogP contribution in [0.1, 0.15) is 12.8 Å². The van der Waals surface area contributed by atoms with E-state index in [1.807, 2.05) is 12.1 Å². The Labute approximate surface area is 179 Å². The van der Waals surface area contributed by atoms with E-state index >= 15 is 0 Å². The number of pyridine rings is 1. The van der Waals surface area contributed by atoms with Crippen LogP contribution in [0.4, 0.5) is 11.4 Å². The fourth-order valence-electron chi connectivity index (χ4n) is 4.44. The first-order chi connectivity index (χ1) is 14.7. The van der Waals surface area contributed by atoms with Gasteiger partial charge in [0, 0.05) is 6.54 Å². The molecule has 3 aromatic heterocycles. The van der Waals surface area contributed by atoms with Gasteiger partial charge in [-0.15, -0.1) is 0 Å². The summed E-state index contributed by atoms with van der Waals surface area (Å²) in [5, 5.41) is 0. The predicted octanol–water partition coefficient (Wildman–Crippen LogP) is 2.24. The number of aromatic amines is 2. The zero-order chi connectivity index (χ0) is 20.2. The third-order valence-corrected chi connectivity index (χ3v) is 8.30. The molecule has 154 valence electrons. The van der Waals surface area contributed by atoms with Crippen molar-refractivity contribution in [1.29, 1.82) is 0 Å². The van der Waals surface area contributed by atoms with Crippen LogP contribution in [0.2, 0.25) is 0 Å². The number of fused-ring (bicyclic) bond motifs is 2. The van der Waals surface area contributed by atoms with Gasteiger partial charge >= 0.3 is 154 Å². The number of nitrogens with two attached hydrogens (primary N) is 1. The van der Waals surface area contributed by atoms with Crippen molar-refractivity contribution in [2.75, 3.05) is 43.4 Å². The van der Waals surface area contributed by atoms with Crippen LogP contribution in [0.5, 0.6) is 0 Å². The fraction of sp³-hybridized carbons (Fsp3) is 0.364. The van der Waals surface area contributed by atoms with Gasteiger partial charge in [-0.3, -0.25) is 0 Å². The summed E-state index contributed by atoms with van der Waals surface area (Å²) >= 11 is 0.152. The van der Waals surface area contributed by atoms with E-state index in [1.165, 1.54) is 25.1 Å².